The van der Waals surface area contributed by atoms with E-state index in [9.17, 15) is 9.00 Å². The first-order chi connectivity index (χ1) is 9.84. The summed E-state index contributed by atoms with van der Waals surface area (Å²) in [5.41, 5.74) is 1.57. The van der Waals surface area contributed by atoms with Gasteiger partial charge in [0.05, 0.1) is 23.5 Å². The average Bonchev–Trinajstić information content (AvgIpc) is 2.43. The van der Waals surface area contributed by atoms with Crippen molar-refractivity contribution in [2.24, 2.45) is 4.40 Å². The molecule has 0 radical (unpaired) electrons. The molecule has 0 aliphatic carbocycles. The number of hydrogen-bond acceptors (Lipinski definition) is 3. The van der Waals surface area contributed by atoms with Crippen molar-refractivity contribution in [1.82, 2.24) is 0 Å². The highest BCUT2D eigenvalue weighted by molar-refractivity contribution is 7.85. The Kier molecular flexibility index (Phi) is 6.75. The maximum absolute atomic E-state index is 12.2. The highest BCUT2D eigenvalue weighted by atomic mass is 32.2. The Balaban J connectivity index is 2.94. The predicted molar refractivity (Wildman–Crippen MR) is 86.7 cm³/mol. The van der Waals surface area contributed by atoms with E-state index in [0.717, 1.165) is 5.56 Å². The fraction of sp³-hybridized carbons (Fsp3) is 0.500. The van der Waals surface area contributed by atoms with E-state index in [4.69, 9.17) is 4.74 Å². The van der Waals surface area contributed by atoms with Crippen molar-refractivity contribution in [3.8, 4) is 0 Å². The van der Waals surface area contributed by atoms with Crippen LogP contribution in [0, 0.1) is 0 Å². The summed E-state index contributed by atoms with van der Waals surface area (Å²) >= 11 is 0. The molecule has 0 aliphatic rings. The summed E-state index contributed by atoms with van der Waals surface area (Å²) in [5, 5.41) is 0. The zero-order valence-electron chi connectivity index (χ0n) is 13.1. The molecule has 1 aromatic rings. The molecule has 1 rings (SSSR count). The molecule has 0 aromatic heterocycles. The lowest BCUT2D eigenvalue weighted by molar-refractivity contribution is -0.142. The van der Waals surface area contributed by atoms with E-state index in [2.05, 4.69) is 4.40 Å². The van der Waals surface area contributed by atoms with Crippen LogP contribution in [-0.2, 0) is 20.5 Å². The van der Waals surface area contributed by atoms with E-state index in [1.807, 2.05) is 51.1 Å². The summed E-state index contributed by atoms with van der Waals surface area (Å²) < 4.78 is 21.1. The van der Waals surface area contributed by atoms with E-state index in [1.165, 1.54) is 0 Å². The Labute approximate surface area is 129 Å². The third-order valence-corrected chi connectivity index (χ3v) is 4.13. The van der Waals surface area contributed by atoms with Crippen LogP contribution >= 0.6 is 0 Å². The molecule has 0 aliphatic heterocycles. The summed E-state index contributed by atoms with van der Waals surface area (Å²) in [5.74, 6) is -0.261. The van der Waals surface area contributed by atoms with Gasteiger partial charge in [-0.3, -0.25) is 4.79 Å². The van der Waals surface area contributed by atoms with Crippen molar-refractivity contribution in [1.29, 1.82) is 0 Å². The van der Waals surface area contributed by atoms with Crippen LogP contribution in [0.2, 0.25) is 0 Å². The van der Waals surface area contributed by atoms with Crippen molar-refractivity contribution in [3.63, 3.8) is 0 Å². The molecule has 0 spiro atoms. The summed E-state index contributed by atoms with van der Waals surface area (Å²) in [6.07, 6.45) is 0.660. The third kappa shape index (κ3) is 6.21. The number of rotatable bonds is 6. The van der Waals surface area contributed by atoms with Gasteiger partial charge in [-0.15, -0.1) is 0 Å². The maximum atomic E-state index is 12.2. The number of nitrogens with zero attached hydrogens (tertiary/aromatic N) is 1. The SMILES string of the molecule is CCOC(=O)CC/C(=N/S(=O)C(C)(C)C)c1ccccc1. The normalized spacial score (nSPS) is 13.8. The standard InChI is InChI=1S/C16H23NO3S/c1-5-20-15(18)12-11-14(13-9-7-6-8-10-13)17-21(19)16(2,3)4/h6-10H,5,11-12H2,1-4H3/b17-14-. The minimum atomic E-state index is -1.35. The van der Waals surface area contributed by atoms with Gasteiger partial charge in [0.25, 0.3) is 0 Å². The van der Waals surface area contributed by atoms with Crippen LogP contribution < -0.4 is 0 Å². The molecule has 5 heteroatoms. The highest BCUT2D eigenvalue weighted by Crippen LogP contribution is 2.16. The summed E-state index contributed by atoms with van der Waals surface area (Å²) in [4.78, 5) is 11.5. The molecule has 21 heavy (non-hydrogen) atoms. The van der Waals surface area contributed by atoms with Crippen LogP contribution in [0.4, 0.5) is 0 Å². The van der Waals surface area contributed by atoms with Crippen LogP contribution in [0.3, 0.4) is 0 Å². The molecule has 1 aromatic carbocycles. The van der Waals surface area contributed by atoms with Crippen molar-refractivity contribution in [2.75, 3.05) is 6.61 Å². The van der Waals surface area contributed by atoms with E-state index in [1.54, 1.807) is 6.92 Å². The summed E-state index contributed by atoms with van der Waals surface area (Å²) in [7, 11) is -1.35. The number of ether oxygens (including phenoxy) is 1. The van der Waals surface area contributed by atoms with Crippen molar-refractivity contribution >= 4 is 22.7 Å². The van der Waals surface area contributed by atoms with Gasteiger partial charge >= 0.3 is 5.97 Å². The van der Waals surface area contributed by atoms with Gasteiger partial charge in [0.1, 0.15) is 11.0 Å². The molecule has 0 saturated heterocycles. The van der Waals surface area contributed by atoms with Crippen LogP contribution in [-0.4, -0.2) is 27.2 Å². The minimum Gasteiger partial charge on any atom is -0.466 e. The van der Waals surface area contributed by atoms with Gasteiger partial charge in [0.15, 0.2) is 0 Å². The van der Waals surface area contributed by atoms with E-state index < -0.39 is 15.7 Å². The van der Waals surface area contributed by atoms with Gasteiger partial charge in [-0.25, -0.2) is 4.21 Å². The Morgan fingerprint density at radius 2 is 1.81 bits per heavy atom. The Morgan fingerprint density at radius 3 is 2.33 bits per heavy atom. The van der Waals surface area contributed by atoms with Crippen molar-refractivity contribution in [3.05, 3.63) is 35.9 Å². The average molecular weight is 309 g/mol. The lowest BCUT2D eigenvalue weighted by Crippen LogP contribution is -2.21. The second-order valence-electron chi connectivity index (χ2n) is 5.57. The number of carbonyl (C=O) groups excluding carboxylic acids is 1. The lowest BCUT2D eigenvalue weighted by atomic mass is 10.1. The van der Waals surface area contributed by atoms with E-state index >= 15 is 0 Å². The van der Waals surface area contributed by atoms with Crippen LogP contribution in [0.1, 0.15) is 46.1 Å². The van der Waals surface area contributed by atoms with E-state index in [-0.39, 0.29) is 12.4 Å². The zero-order valence-corrected chi connectivity index (χ0v) is 13.9. The Morgan fingerprint density at radius 1 is 1.19 bits per heavy atom. The second-order valence-corrected chi connectivity index (χ2v) is 7.48. The molecule has 116 valence electrons. The molecular formula is C16H23NO3S. The first kappa shape index (κ1) is 17.6. The molecule has 0 amide bonds. The van der Waals surface area contributed by atoms with Gasteiger partial charge in [0.2, 0.25) is 0 Å². The number of benzene rings is 1. The highest BCUT2D eigenvalue weighted by Gasteiger charge is 2.20. The van der Waals surface area contributed by atoms with Crippen LogP contribution in [0.25, 0.3) is 0 Å². The molecule has 1 unspecified atom stereocenters. The lowest BCUT2D eigenvalue weighted by Gasteiger charge is -2.15. The summed E-state index contributed by atoms with van der Waals surface area (Å²) in [6, 6.07) is 9.52. The largest absolute Gasteiger partial charge is 0.466 e. The number of hydrogen-bond donors (Lipinski definition) is 0. The topological polar surface area (TPSA) is 55.7 Å². The van der Waals surface area contributed by atoms with Crippen LogP contribution in [0.5, 0.6) is 0 Å². The fourth-order valence-corrected chi connectivity index (χ4v) is 2.23. The minimum absolute atomic E-state index is 0.239. The molecule has 4 nitrogen and oxygen atoms in total. The van der Waals surface area contributed by atoms with E-state index in [0.29, 0.717) is 18.7 Å². The number of esters is 1. The van der Waals surface area contributed by atoms with Gasteiger partial charge < -0.3 is 4.74 Å². The smallest absolute Gasteiger partial charge is 0.306 e. The second kappa shape index (κ2) is 8.08. The van der Waals surface area contributed by atoms with Crippen molar-refractivity contribution < 1.29 is 13.7 Å². The summed E-state index contributed by atoms with van der Waals surface area (Å²) in [6.45, 7) is 7.77. The molecule has 0 N–H and O–H groups in total. The zero-order chi connectivity index (χ0) is 15.9. The molecule has 0 fully saturated rings. The van der Waals surface area contributed by atoms with Gasteiger partial charge in [0, 0.05) is 6.42 Å². The van der Waals surface area contributed by atoms with Crippen LogP contribution in [0.15, 0.2) is 34.7 Å². The molecule has 1 atom stereocenters. The first-order valence-corrected chi connectivity index (χ1v) is 8.16. The maximum Gasteiger partial charge on any atom is 0.306 e. The monoisotopic (exact) mass is 309 g/mol. The van der Waals surface area contributed by atoms with Gasteiger partial charge in [-0.2, -0.15) is 4.40 Å². The molecular weight excluding hydrogens is 286 g/mol. The van der Waals surface area contributed by atoms with Gasteiger partial charge in [-0.05, 0) is 33.3 Å². The van der Waals surface area contributed by atoms with Gasteiger partial charge in [-0.1, -0.05) is 30.3 Å². The Bertz CT molecular complexity index is 518. The first-order valence-electron chi connectivity index (χ1n) is 7.05. The Hall–Kier alpha value is -1.49. The molecule has 0 heterocycles. The molecule has 0 saturated carbocycles. The molecule has 0 bridgehead atoms. The fourth-order valence-electron chi connectivity index (χ4n) is 1.56. The quantitative estimate of drug-likeness (QED) is 0.598. The number of carbonyl (C=O) groups is 1. The predicted octanol–water partition coefficient (Wildman–Crippen LogP) is 3.28. The van der Waals surface area contributed by atoms with Crippen molar-refractivity contribution in [2.45, 2.75) is 45.3 Å². The third-order valence-electron chi connectivity index (χ3n) is 2.70.